The van der Waals surface area contributed by atoms with E-state index in [1.165, 1.54) is 0 Å². The van der Waals surface area contributed by atoms with Crippen molar-refractivity contribution < 1.29 is 4.21 Å². The number of benzene rings is 1. The molecule has 0 aliphatic heterocycles. The lowest BCUT2D eigenvalue weighted by Gasteiger charge is -2.10. The molecule has 0 aromatic heterocycles. The largest absolute Gasteiger partial charge is 0.575 e. The van der Waals surface area contributed by atoms with Crippen LogP contribution in [0.2, 0.25) is 0 Å². The molecule has 54 valence electrons. The molecule has 1 rings (SSSR count). The number of hydrogen-bond donors (Lipinski definition) is 0. The Balaban J connectivity index is 2.85. The average molecular weight is 154 g/mol. The van der Waals surface area contributed by atoms with Crippen LogP contribution >= 0.6 is 0 Å². The van der Waals surface area contributed by atoms with Crippen molar-refractivity contribution in [3.63, 3.8) is 0 Å². The Hall–Kier alpha value is -0.670. The van der Waals surface area contributed by atoms with Gasteiger partial charge in [-0.2, -0.15) is 7.05 Å². The molecule has 0 bridgehead atoms. The zero-order chi connectivity index (χ0) is 7.40. The molecule has 10 heavy (non-hydrogen) atoms. The summed E-state index contributed by atoms with van der Waals surface area (Å²) in [6.45, 7) is 0. The van der Waals surface area contributed by atoms with Gasteiger partial charge in [0.15, 0.2) is 0 Å². The van der Waals surface area contributed by atoms with Gasteiger partial charge in [-0.3, -0.25) is 4.21 Å². The van der Waals surface area contributed by atoms with Crippen molar-refractivity contribution in [3.8, 4) is 0 Å². The number of hydrogen-bond acceptors (Lipinski definition) is 1. The third-order valence-electron chi connectivity index (χ3n) is 1.11. The average Bonchev–Trinajstić information content (AvgIpc) is 2.05. The highest BCUT2D eigenvalue weighted by atomic mass is 32.2. The van der Waals surface area contributed by atoms with Crippen molar-refractivity contribution in [2.45, 2.75) is 4.90 Å². The smallest absolute Gasteiger partial charge is 0.0188 e. The highest BCUT2D eigenvalue weighted by Crippen LogP contribution is 2.07. The molecule has 1 atom stereocenters. The summed E-state index contributed by atoms with van der Waals surface area (Å²) in [5, 5.41) is 0. The van der Waals surface area contributed by atoms with E-state index in [9.17, 15) is 4.21 Å². The van der Waals surface area contributed by atoms with Crippen LogP contribution in [0, 0.1) is 0 Å². The van der Waals surface area contributed by atoms with Crippen molar-refractivity contribution in [2.24, 2.45) is 0 Å². The molecular weight excluding hydrogens is 146 g/mol. The van der Waals surface area contributed by atoms with Crippen LogP contribution in [0.25, 0.3) is 4.72 Å². The first-order chi connectivity index (χ1) is 4.84. The van der Waals surface area contributed by atoms with Gasteiger partial charge in [0.05, 0.1) is 0 Å². The van der Waals surface area contributed by atoms with Crippen molar-refractivity contribution in [1.82, 2.24) is 0 Å². The van der Waals surface area contributed by atoms with E-state index in [0.29, 0.717) is 0 Å². The topological polar surface area (TPSA) is 31.2 Å². The van der Waals surface area contributed by atoms with Gasteiger partial charge in [-0.05, 0) is 23.1 Å². The first-order valence-corrected chi connectivity index (χ1v) is 4.02. The van der Waals surface area contributed by atoms with Crippen LogP contribution in [0.3, 0.4) is 0 Å². The van der Waals surface area contributed by atoms with Crippen LogP contribution in [0.1, 0.15) is 0 Å². The van der Waals surface area contributed by atoms with E-state index in [2.05, 4.69) is 4.72 Å². The summed E-state index contributed by atoms with van der Waals surface area (Å²) in [5.41, 5.74) is 0. The van der Waals surface area contributed by atoms with Gasteiger partial charge in [-0.1, -0.05) is 18.2 Å². The van der Waals surface area contributed by atoms with Crippen LogP contribution < -0.4 is 0 Å². The third-order valence-corrected chi connectivity index (χ3v) is 2.12. The Morgan fingerprint density at radius 3 is 2.40 bits per heavy atom. The first kappa shape index (κ1) is 7.44. The minimum Gasteiger partial charge on any atom is -0.575 e. The molecule has 0 aliphatic carbocycles. The molecular formula is C7H8NOS-. The zero-order valence-corrected chi connectivity index (χ0v) is 6.47. The molecule has 0 amide bonds. The van der Waals surface area contributed by atoms with E-state index in [0.717, 1.165) is 4.90 Å². The fraction of sp³-hybridized carbons (Fsp3) is 0.143. The van der Waals surface area contributed by atoms with Crippen LogP contribution in [-0.2, 0) is 11.0 Å². The van der Waals surface area contributed by atoms with Gasteiger partial charge in [0.2, 0.25) is 0 Å². The lowest BCUT2D eigenvalue weighted by molar-refractivity contribution is 0.687. The summed E-state index contributed by atoms with van der Waals surface area (Å²) in [6.07, 6.45) is 0. The van der Waals surface area contributed by atoms with E-state index in [1.54, 1.807) is 19.2 Å². The summed E-state index contributed by atoms with van der Waals surface area (Å²) in [6, 6.07) is 9.17. The normalized spacial score (nSPS) is 12.9. The third kappa shape index (κ3) is 1.65. The Morgan fingerprint density at radius 1 is 1.30 bits per heavy atom. The number of rotatable bonds is 2. The predicted molar refractivity (Wildman–Crippen MR) is 42.1 cm³/mol. The summed E-state index contributed by atoms with van der Waals surface area (Å²) in [7, 11) is 0.379. The summed E-state index contributed by atoms with van der Waals surface area (Å²) < 4.78 is 14.6. The molecule has 1 aromatic carbocycles. The van der Waals surface area contributed by atoms with Gasteiger partial charge < -0.3 is 4.72 Å². The van der Waals surface area contributed by atoms with Gasteiger partial charge in [-0.15, -0.1) is 0 Å². The van der Waals surface area contributed by atoms with Crippen molar-refractivity contribution in [3.05, 3.63) is 35.1 Å². The molecule has 0 saturated heterocycles. The van der Waals surface area contributed by atoms with Crippen LogP contribution in [0.15, 0.2) is 35.2 Å². The van der Waals surface area contributed by atoms with Gasteiger partial charge >= 0.3 is 0 Å². The zero-order valence-electron chi connectivity index (χ0n) is 5.65. The van der Waals surface area contributed by atoms with E-state index >= 15 is 0 Å². The Labute approximate surface area is 62.9 Å². The lowest BCUT2D eigenvalue weighted by Crippen LogP contribution is -1.85. The lowest BCUT2D eigenvalue weighted by atomic mass is 10.4. The van der Waals surface area contributed by atoms with Crippen LogP contribution in [0.5, 0.6) is 0 Å². The molecule has 1 aromatic rings. The van der Waals surface area contributed by atoms with Gasteiger partial charge in [0, 0.05) is 4.90 Å². The molecule has 0 aliphatic rings. The Morgan fingerprint density at radius 2 is 1.90 bits per heavy atom. The molecule has 2 nitrogen and oxygen atoms in total. The highest BCUT2D eigenvalue weighted by Gasteiger charge is 1.87. The predicted octanol–water partition coefficient (Wildman–Crippen LogP) is 1.71. The maximum Gasteiger partial charge on any atom is 0.0188 e. The van der Waals surface area contributed by atoms with Gasteiger partial charge in [0.1, 0.15) is 0 Å². The molecule has 1 unspecified atom stereocenters. The highest BCUT2D eigenvalue weighted by molar-refractivity contribution is 7.87. The van der Waals surface area contributed by atoms with Crippen LogP contribution in [0.4, 0.5) is 0 Å². The quantitative estimate of drug-likeness (QED) is 0.638. The maximum absolute atomic E-state index is 11.0. The second-order valence-corrected chi connectivity index (χ2v) is 3.08. The molecule has 0 heterocycles. The molecule has 0 radical (unpaired) electrons. The standard InChI is InChI=1S/C7H8NOS/c1-8-10(9)7-5-3-2-4-6-7/h2-6H,1H3/q-1. The number of nitrogens with zero attached hydrogens (tertiary/aromatic N) is 1. The molecule has 0 N–H and O–H groups in total. The monoisotopic (exact) mass is 154 g/mol. The summed E-state index contributed by atoms with van der Waals surface area (Å²) in [4.78, 5) is 0.755. The molecule has 0 saturated carbocycles. The minimum atomic E-state index is -1.17. The van der Waals surface area contributed by atoms with E-state index in [1.807, 2.05) is 18.2 Å². The molecule has 3 heteroatoms. The Bertz CT molecular complexity index is 222. The fourth-order valence-corrected chi connectivity index (χ4v) is 1.24. The van der Waals surface area contributed by atoms with Gasteiger partial charge in [-0.25, -0.2) is 0 Å². The van der Waals surface area contributed by atoms with Crippen molar-refractivity contribution in [2.75, 3.05) is 7.05 Å². The minimum absolute atomic E-state index is 0.755. The van der Waals surface area contributed by atoms with E-state index in [4.69, 9.17) is 0 Å². The summed E-state index contributed by atoms with van der Waals surface area (Å²) in [5.74, 6) is 0. The van der Waals surface area contributed by atoms with E-state index < -0.39 is 11.0 Å². The first-order valence-electron chi connectivity index (χ1n) is 2.91. The maximum atomic E-state index is 11.0. The van der Waals surface area contributed by atoms with Crippen molar-refractivity contribution in [1.29, 1.82) is 0 Å². The fourth-order valence-electron chi connectivity index (χ4n) is 0.642. The Kier molecular flexibility index (Phi) is 2.59. The molecule has 0 fully saturated rings. The second-order valence-electron chi connectivity index (χ2n) is 1.74. The molecule has 0 spiro atoms. The van der Waals surface area contributed by atoms with E-state index in [-0.39, 0.29) is 0 Å². The van der Waals surface area contributed by atoms with Gasteiger partial charge in [0.25, 0.3) is 0 Å². The van der Waals surface area contributed by atoms with Crippen LogP contribution in [-0.4, -0.2) is 11.3 Å². The summed E-state index contributed by atoms with van der Waals surface area (Å²) >= 11 is 0. The second kappa shape index (κ2) is 3.49. The van der Waals surface area contributed by atoms with Crippen molar-refractivity contribution >= 4 is 11.0 Å². The SMILES string of the molecule is C[N-]S(=O)c1ccccc1.